The number of alkyl halides is 10. The number of hydrogen-bond acceptors (Lipinski definition) is 2. The van der Waals surface area contributed by atoms with Crippen LogP contribution in [0.2, 0.25) is 0 Å². The summed E-state index contributed by atoms with van der Waals surface area (Å²) in [5.41, 5.74) is 0. The SMILES string of the molecule is OC(CC(O)C(F)(F)C(F)(F)C(F)(F)F)C(F)(F)F. The largest absolute Gasteiger partial charge is 0.459 e. The van der Waals surface area contributed by atoms with Crippen LogP contribution < -0.4 is 0 Å². The Morgan fingerprint density at radius 3 is 1.32 bits per heavy atom. The van der Waals surface area contributed by atoms with Crippen LogP contribution in [0.5, 0.6) is 0 Å². The van der Waals surface area contributed by atoms with Crippen molar-refractivity contribution in [3.8, 4) is 0 Å². The second kappa shape index (κ2) is 4.96. The molecular formula is C7H6F10O2. The summed E-state index contributed by atoms with van der Waals surface area (Å²) in [6, 6.07) is 0. The summed E-state index contributed by atoms with van der Waals surface area (Å²) in [6.07, 6.45) is -22.5. The van der Waals surface area contributed by atoms with E-state index in [1.807, 2.05) is 0 Å². The maximum absolute atomic E-state index is 12.6. The van der Waals surface area contributed by atoms with Crippen LogP contribution in [0.3, 0.4) is 0 Å². The first-order valence-corrected chi connectivity index (χ1v) is 4.30. The highest BCUT2D eigenvalue weighted by Gasteiger charge is 2.75. The van der Waals surface area contributed by atoms with Gasteiger partial charge in [0, 0.05) is 6.42 Å². The highest BCUT2D eigenvalue weighted by Crippen LogP contribution is 2.49. The summed E-state index contributed by atoms with van der Waals surface area (Å²) >= 11 is 0. The molecule has 0 amide bonds. The minimum absolute atomic E-state index is 2.43. The summed E-state index contributed by atoms with van der Waals surface area (Å²) in [5.74, 6) is -13.0. The molecule has 116 valence electrons. The zero-order valence-electron chi connectivity index (χ0n) is 8.54. The Hall–Kier alpha value is -0.780. The van der Waals surface area contributed by atoms with E-state index in [1.165, 1.54) is 0 Å². The van der Waals surface area contributed by atoms with E-state index in [1.54, 1.807) is 0 Å². The molecular weight excluding hydrogens is 306 g/mol. The average Bonchev–Trinajstić information content (AvgIpc) is 2.13. The van der Waals surface area contributed by atoms with Crippen LogP contribution in [0.15, 0.2) is 0 Å². The lowest BCUT2D eigenvalue weighted by atomic mass is 9.99. The third-order valence-corrected chi connectivity index (χ3v) is 2.02. The van der Waals surface area contributed by atoms with Crippen LogP contribution in [0.1, 0.15) is 6.42 Å². The molecule has 0 aliphatic heterocycles. The van der Waals surface area contributed by atoms with Crippen molar-refractivity contribution in [2.24, 2.45) is 0 Å². The minimum atomic E-state index is -6.78. The normalized spacial score (nSPS) is 18.3. The van der Waals surface area contributed by atoms with Gasteiger partial charge in [-0.05, 0) is 0 Å². The second-order valence-electron chi connectivity index (χ2n) is 3.50. The second-order valence-corrected chi connectivity index (χ2v) is 3.50. The smallest absolute Gasteiger partial charge is 0.386 e. The van der Waals surface area contributed by atoms with Crippen molar-refractivity contribution in [2.75, 3.05) is 0 Å². The van der Waals surface area contributed by atoms with Gasteiger partial charge in [-0.1, -0.05) is 0 Å². The quantitative estimate of drug-likeness (QED) is 0.783. The third-order valence-electron chi connectivity index (χ3n) is 2.02. The predicted octanol–water partition coefficient (Wildman–Crippen LogP) is 2.49. The lowest BCUT2D eigenvalue weighted by molar-refractivity contribution is -0.373. The van der Waals surface area contributed by atoms with Crippen LogP contribution in [0.4, 0.5) is 43.9 Å². The molecule has 0 saturated carbocycles. The molecule has 0 aliphatic carbocycles. The Balaban J connectivity index is 5.12. The number of rotatable bonds is 4. The van der Waals surface area contributed by atoms with Crippen molar-refractivity contribution in [3.05, 3.63) is 0 Å². The Bertz CT molecular complexity index is 306. The Labute approximate surface area is 98.2 Å². The topological polar surface area (TPSA) is 40.5 Å². The molecule has 19 heavy (non-hydrogen) atoms. The summed E-state index contributed by atoms with van der Waals surface area (Å²) < 4.78 is 120. The summed E-state index contributed by atoms with van der Waals surface area (Å²) in [5, 5.41) is 16.7. The van der Waals surface area contributed by atoms with Crippen molar-refractivity contribution in [1.29, 1.82) is 0 Å². The first kappa shape index (κ1) is 18.2. The van der Waals surface area contributed by atoms with Gasteiger partial charge in [0.1, 0.15) is 6.10 Å². The Morgan fingerprint density at radius 2 is 1.05 bits per heavy atom. The fourth-order valence-corrected chi connectivity index (χ4v) is 0.891. The molecule has 0 bridgehead atoms. The molecule has 2 atom stereocenters. The standard InChI is InChI=1S/C7H6F10O2/c8-4(9,6(13,14)7(15,16)17)2(18)1-3(19)5(10,11)12/h2-3,18-19H,1H2. The molecule has 0 radical (unpaired) electrons. The molecule has 0 aromatic carbocycles. The predicted molar refractivity (Wildman–Crippen MR) is 38.6 cm³/mol. The lowest BCUT2D eigenvalue weighted by Gasteiger charge is -2.32. The average molecular weight is 312 g/mol. The highest BCUT2D eigenvalue weighted by atomic mass is 19.4. The van der Waals surface area contributed by atoms with Gasteiger partial charge in [0.15, 0.2) is 6.10 Å². The maximum atomic E-state index is 12.6. The van der Waals surface area contributed by atoms with Gasteiger partial charge in [0.25, 0.3) is 0 Å². The first-order chi connectivity index (χ1) is 8.05. The van der Waals surface area contributed by atoms with E-state index in [0.717, 1.165) is 0 Å². The monoisotopic (exact) mass is 312 g/mol. The van der Waals surface area contributed by atoms with Crippen LogP contribution in [0.25, 0.3) is 0 Å². The van der Waals surface area contributed by atoms with E-state index >= 15 is 0 Å². The van der Waals surface area contributed by atoms with Crippen molar-refractivity contribution in [1.82, 2.24) is 0 Å². The number of aliphatic hydroxyl groups excluding tert-OH is 2. The molecule has 2 N–H and O–H groups in total. The lowest BCUT2D eigenvalue weighted by Crippen LogP contribution is -2.58. The van der Waals surface area contributed by atoms with Crippen LogP contribution in [-0.4, -0.2) is 46.6 Å². The van der Waals surface area contributed by atoms with Gasteiger partial charge in [-0.2, -0.15) is 43.9 Å². The van der Waals surface area contributed by atoms with E-state index in [-0.39, 0.29) is 0 Å². The van der Waals surface area contributed by atoms with E-state index in [2.05, 4.69) is 0 Å². The Kier molecular flexibility index (Phi) is 4.76. The Morgan fingerprint density at radius 1 is 0.684 bits per heavy atom. The van der Waals surface area contributed by atoms with E-state index in [9.17, 15) is 43.9 Å². The van der Waals surface area contributed by atoms with E-state index < -0.39 is 42.8 Å². The maximum Gasteiger partial charge on any atom is 0.459 e. The molecule has 0 heterocycles. The van der Waals surface area contributed by atoms with Crippen LogP contribution >= 0.6 is 0 Å². The van der Waals surface area contributed by atoms with Crippen molar-refractivity contribution >= 4 is 0 Å². The van der Waals surface area contributed by atoms with Gasteiger partial charge in [0.05, 0.1) is 0 Å². The van der Waals surface area contributed by atoms with Crippen LogP contribution in [-0.2, 0) is 0 Å². The van der Waals surface area contributed by atoms with E-state index in [4.69, 9.17) is 10.2 Å². The zero-order chi connectivity index (χ0) is 15.9. The molecule has 12 heteroatoms. The van der Waals surface area contributed by atoms with Gasteiger partial charge in [-0.3, -0.25) is 0 Å². The van der Waals surface area contributed by atoms with Crippen molar-refractivity contribution < 1.29 is 54.1 Å². The van der Waals surface area contributed by atoms with Crippen molar-refractivity contribution in [3.63, 3.8) is 0 Å². The summed E-state index contributed by atoms with van der Waals surface area (Å²) in [4.78, 5) is 0. The molecule has 2 nitrogen and oxygen atoms in total. The summed E-state index contributed by atoms with van der Waals surface area (Å²) in [6.45, 7) is 0. The molecule has 2 unspecified atom stereocenters. The van der Waals surface area contributed by atoms with Gasteiger partial charge in [0.2, 0.25) is 0 Å². The van der Waals surface area contributed by atoms with Crippen molar-refractivity contribution in [2.45, 2.75) is 42.8 Å². The van der Waals surface area contributed by atoms with Crippen LogP contribution in [0, 0.1) is 0 Å². The molecule has 0 aliphatic rings. The number of aliphatic hydroxyl groups is 2. The highest BCUT2D eigenvalue weighted by molar-refractivity contribution is 4.96. The first-order valence-electron chi connectivity index (χ1n) is 4.30. The molecule has 0 spiro atoms. The molecule has 0 aromatic heterocycles. The fraction of sp³-hybridized carbons (Fsp3) is 1.00. The van der Waals surface area contributed by atoms with Gasteiger partial charge in [-0.25, -0.2) is 0 Å². The van der Waals surface area contributed by atoms with Gasteiger partial charge >= 0.3 is 24.2 Å². The molecule has 0 fully saturated rings. The number of hydrogen-bond donors (Lipinski definition) is 2. The number of halogens is 10. The van der Waals surface area contributed by atoms with Gasteiger partial charge < -0.3 is 10.2 Å². The molecule has 0 rings (SSSR count). The third kappa shape index (κ3) is 3.61. The molecule has 0 saturated heterocycles. The van der Waals surface area contributed by atoms with E-state index in [0.29, 0.717) is 0 Å². The zero-order valence-corrected chi connectivity index (χ0v) is 8.54. The fourth-order valence-electron chi connectivity index (χ4n) is 0.891. The minimum Gasteiger partial charge on any atom is -0.386 e. The molecule has 0 aromatic rings. The summed E-state index contributed by atoms with van der Waals surface area (Å²) in [7, 11) is 0. The van der Waals surface area contributed by atoms with Gasteiger partial charge in [-0.15, -0.1) is 0 Å².